The number of nitrogens with one attached hydrogen (secondary N) is 2. The van der Waals surface area contributed by atoms with Gasteiger partial charge in [0, 0.05) is 26.7 Å². The Morgan fingerprint density at radius 1 is 1.07 bits per heavy atom. The van der Waals surface area contributed by atoms with Crippen LogP contribution in [0.5, 0.6) is 5.75 Å². The maximum absolute atomic E-state index is 5.39. The van der Waals surface area contributed by atoms with E-state index < -0.39 is 0 Å². The summed E-state index contributed by atoms with van der Waals surface area (Å²) in [6.07, 6.45) is 3.78. The third-order valence-corrected chi connectivity index (χ3v) is 4.50. The Balaban J connectivity index is 1.40. The highest BCUT2D eigenvalue weighted by molar-refractivity contribution is 5.79. The molecule has 3 aromatic rings. The number of rotatable bonds is 8. The van der Waals surface area contributed by atoms with Crippen molar-refractivity contribution in [3.05, 3.63) is 60.4 Å². The van der Waals surface area contributed by atoms with Crippen LogP contribution in [0, 0.1) is 0 Å². The van der Waals surface area contributed by atoms with Crippen LogP contribution >= 0.6 is 0 Å². The molecule has 0 bridgehead atoms. The van der Waals surface area contributed by atoms with Crippen molar-refractivity contribution in [2.24, 2.45) is 4.99 Å². The second kappa shape index (κ2) is 9.62. The molecule has 0 atom stereocenters. The summed E-state index contributed by atoms with van der Waals surface area (Å²) < 4.78 is 7.58. The van der Waals surface area contributed by atoms with Gasteiger partial charge in [-0.3, -0.25) is 4.99 Å². The quantitative estimate of drug-likeness (QED) is 0.366. The smallest absolute Gasteiger partial charge is 0.190 e. The number of hydrogen-bond acceptors (Lipinski definition) is 3. The highest BCUT2D eigenvalue weighted by Gasteiger charge is 2.03. The molecule has 27 heavy (non-hydrogen) atoms. The number of ether oxygens (including phenoxy) is 1. The van der Waals surface area contributed by atoms with Crippen molar-refractivity contribution >= 4 is 17.0 Å². The molecule has 0 saturated carbocycles. The largest absolute Gasteiger partial charge is 0.496 e. The van der Waals surface area contributed by atoms with E-state index in [2.05, 4.69) is 37.3 Å². The average molecular weight is 365 g/mol. The van der Waals surface area contributed by atoms with E-state index in [9.17, 15) is 0 Å². The first kappa shape index (κ1) is 18.8. The van der Waals surface area contributed by atoms with Gasteiger partial charge in [-0.05, 0) is 36.6 Å². The maximum atomic E-state index is 5.39. The minimum atomic E-state index is 0.798. The van der Waals surface area contributed by atoms with Crippen LogP contribution in [0.4, 0.5) is 0 Å². The number of guanidine groups is 1. The van der Waals surface area contributed by atoms with Gasteiger partial charge in [-0.15, -0.1) is 0 Å². The van der Waals surface area contributed by atoms with Crippen molar-refractivity contribution in [3.8, 4) is 5.75 Å². The lowest BCUT2D eigenvalue weighted by atomic mass is 10.1. The third kappa shape index (κ3) is 5.00. The number of aromatic nitrogens is 2. The summed E-state index contributed by atoms with van der Waals surface area (Å²) >= 11 is 0. The van der Waals surface area contributed by atoms with Crippen molar-refractivity contribution in [3.63, 3.8) is 0 Å². The summed E-state index contributed by atoms with van der Waals surface area (Å²) in [5.74, 6) is 1.75. The first-order valence-corrected chi connectivity index (χ1v) is 9.28. The van der Waals surface area contributed by atoms with E-state index in [1.54, 1.807) is 14.2 Å². The van der Waals surface area contributed by atoms with Crippen LogP contribution in [0.2, 0.25) is 0 Å². The summed E-state index contributed by atoms with van der Waals surface area (Å²) in [4.78, 5) is 8.72. The molecular weight excluding hydrogens is 338 g/mol. The molecule has 0 saturated heterocycles. The van der Waals surface area contributed by atoms with Crippen molar-refractivity contribution in [1.82, 2.24) is 20.2 Å². The van der Waals surface area contributed by atoms with Gasteiger partial charge in [0.15, 0.2) is 5.96 Å². The predicted molar refractivity (Wildman–Crippen MR) is 110 cm³/mol. The summed E-state index contributed by atoms with van der Waals surface area (Å²) in [5, 5.41) is 6.73. The molecule has 3 rings (SSSR count). The van der Waals surface area contributed by atoms with Gasteiger partial charge in [0.2, 0.25) is 0 Å². The lowest BCUT2D eigenvalue weighted by Gasteiger charge is -2.13. The number of aryl methyl sites for hydroxylation is 1. The normalized spacial score (nSPS) is 11.6. The van der Waals surface area contributed by atoms with E-state index in [4.69, 9.17) is 4.74 Å². The van der Waals surface area contributed by atoms with Crippen LogP contribution in [0.1, 0.15) is 12.0 Å². The van der Waals surface area contributed by atoms with Gasteiger partial charge in [-0.2, -0.15) is 0 Å². The van der Waals surface area contributed by atoms with Crippen LogP contribution in [-0.4, -0.2) is 42.8 Å². The van der Waals surface area contributed by atoms with Gasteiger partial charge in [0.1, 0.15) is 5.75 Å². The summed E-state index contributed by atoms with van der Waals surface area (Å²) in [7, 11) is 3.50. The highest BCUT2D eigenvalue weighted by Crippen LogP contribution is 2.17. The number of fused-ring (bicyclic) bond motifs is 1. The molecule has 0 spiro atoms. The van der Waals surface area contributed by atoms with Crippen LogP contribution < -0.4 is 15.4 Å². The Morgan fingerprint density at radius 3 is 2.70 bits per heavy atom. The van der Waals surface area contributed by atoms with Gasteiger partial charge in [-0.25, -0.2) is 4.98 Å². The van der Waals surface area contributed by atoms with E-state index in [0.717, 1.165) is 49.7 Å². The van der Waals surface area contributed by atoms with E-state index in [0.29, 0.717) is 0 Å². The Bertz CT molecular complexity index is 887. The lowest BCUT2D eigenvalue weighted by Crippen LogP contribution is -2.39. The van der Waals surface area contributed by atoms with Crippen molar-refractivity contribution < 1.29 is 4.74 Å². The number of para-hydroxylation sites is 3. The first-order chi connectivity index (χ1) is 13.3. The standard InChI is InChI=1S/C21H27N5O/c1-22-21(24-14-12-17-8-3-6-11-20(17)27-2)23-13-7-15-26-16-25-18-9-4-5-10-19(18)26/h3-6,8-11,16H,7,12-15H2,1-2H3,(H2,22,23,24). The molecule has 0 fully saturated rings. The Labute approximate surface area is 160 Å². The summed E-state index contributed by atoms with van der Waals surface area (Å²) in [6.45, 7) is 2.57. The minimum Gasteiger partial charge on any atom is -0.496 e. The molecule has 1 heterocycles. The number of aliphatic imine (C=N–C) groups is 1. The summed E-state index contributed by atoms with van der Waals surface area (Å²) in [6, 6.07) is 16.3. The molecule has 1 aromatic heterocycles. The monoisotopic (exact) mass is 365 g/mol. The molecule has 0 radical (unpaired) electrons. The Morgan fingerprint density at radius 2 is 1.85 bits per heavy atom. The second-order valence-corrected chi connectivity index (χ2v) is 6.27. The predicted octanol–water partition coefficient (Wildman–Crippen LogP) is 2.84. The van der Waals surface area contributed by atoms with Gasteiger partial charge >= 0.3 is 0 Å². The molecular formula is C21H27N5O. The number of imidazole rings is 1. The highest BCUT2D eigenvalue weighted by atomic mass is 16.5. The molecule has 6 heteroatoms. The number of methoxy groups -OCH3 is 1. The lowest BCUT2D eigenvalue weighted by molar-refractivity contribution is 0.409. The van der Waals surface area contributed by atoms with Crippen LogP contribution in [0.15, 0.2) is 59.9 Å². The van der Waals surface area contributed by atoms with Gasteiger partial charge in [-0.1, -0.05) is 30.3 Å². The maximum Gasteiger partial charge on any atom is 0.190 e. The first-order valence-electron chi connectivity index (χ1n) is 9.28. The summed E-state index contributed by atoms with van der Waals surface area (Å²) in [5.41, 5.74) is 3.41. The van der Waals surface area contributed by atoms with Gasteiger partial charge < -0.3 is 19.9 Å². The van der Waals surface area contributed by atoms with E-state index in [1.807, 2.05) is 42.7 Å². The van der Waals surface area contributed by atoms with Crippen LogP contribution in [-0.2, 0) is 13.0 Å². The molecule has 142 valence electrons. The molecule has 0 amide bonds. The van der Waals surface area contributed by atoms with Crippen molar-refractivity contribution in [2.75, 3.05) is 27.2 Å². The number of benzene rings is 2. The number of nitrogens with zero attached hydrogens (tertiary/aromatic N) is 3. The van der Waals surface area contributed by atoms with E-state index >= 15 is 0 Å². The molecule has 6 nitrogen and oxygen atoms in total. The molecule has 0 aliphatic rings. The minimum absolute atomic E-state index is 0.798. The third-order valence-electron chi connectivity index (χ3n) is 4.50. The zero-order valence-corrected chi connectivity index (χ0v) is 16.0. The zero-order chi connectivity index (χ0) is 18.9. The molecule has 0 aliphatic heterocycles. The number of hydrogen-bond donors (Lipinski definition) is 2. The zero-order valence-electron chi connectivity index (χ0n) is 16.0. The molecule has 0 unspecified atom stereocenters. The van der Waals surface area contributed by atoms with Gasteiger partial charge in [0.25, 0.3) is 0 Å². The van der Waals surface area contributed by atoms with Gasteiger partial charge in [0.05, 0.1) is 24.5 Å². The SMILES string of the molecule is CN=C(NCCCn1cnc2ccccc21)NCCc1ccccc1OC. The fraction of sp³-hybridized carbons (Fsp3) is 0.333. The van der Waals surface area contributed by atoms with Crippen LogP contribution in [0.3, 0.4) is 0 Å². The second-order valence-electron chi connectivity index (χ2n) is 6.27. The van der Waals surface area contributed by atoms with E-state index in [1.165, 1.54) is 11.1 Å². The molecule has 2 aromatic carbocycles. The molecule has 0 aliphatic carbocycles. The fourth-order valence-electron chi connectivity index (χ4n) is 3.09. The van der Waals surface area contributed by atoms with Crippen molar-refractivity contribution in [1.29, 1.82) is 0 Å². The molecule has 2 N–H and O–H groups in total. The topological polar surface area (TPSA) is 63.5 Å². The van der Waals surface area contributed by atoms with Crippen molar-refractivity contribution in [2.45, 2.75) is 19.4 Å². The average Bonchev–Trinajstić information content (AvgIpc) is 3.13. The van der Waals surface area contributed by atoms with E-state index in [-0.39, 0.29) is 0 Å². The Hall–Kier alpha value is -3.02. The van der Waals surface area contributed by atoms with Crippen LogP contribution in [0.25, 0.3) is 11.0 Å². The Kier molecular flexibility index (Phi) is 6.68. The fourth-order valence-corrected chi connectivity index (χ4v) is 3.09.